The average Bonchev–Trinajstić information content (AvgIpc) is 3.01. The van der Waals surface area contributed by atoms with Crippen LogP contribution < -0.4 is 4.72 Å². The molecule has 1 heterocycles. The van der Waals surface area contributed by atoms with Gasteiger partial charge in [-0.25, -0.2) is 8.42 Å². The van der Waals surface area contributed by atoms with Gasteiger partial charge in [-0.1, -0.05) is 30.3 Å². The van der Waals surface area contributed by atoms with Crippen LogP contribution >= 0.6 is 0 Å². The van der Waals surface area contributed by atoms with E-state index in [0.717, 1.165) is 5.56 Å². The maximum Gasteiger partial charge on any atom is 0.261 e. The van der Waals surface area contributed by atoms with Crippen LogP contribution in [0.2, 0.25) is 0 Å². The monoisotopic (exact) mass is 313 g/mol. The van der Waals surface area contributed by atoms with Gasteiger partial charge in [0.05, 0.1) is 11.4 Å². The van der Waals surface area contributed by atoms with Gasteiger partial charge >= 0.3 is 0 Å². The average molecular weight is 313 g/mol. The van der Waals surface area contributed by atoms with Crippen LogP contribution in [0.5, 0.6) is 0 Å². The van der Waals surface area contributed by atoms with Gasteiger partial charge in [0.2, 0.25) is 0 Å². The maximum absolute atomic E-state index is 12.3. The second-order valence-electron chi connectivity index (χ2n) is 4.82. The van der Waals surface area contributed by atoms with Crippen LogP contribution in [-0.2, 0) is 16.6 Å². The van der Waals surface area contributed by atoms with Crippen molar-refractivity contribution in [2.24, 2.45) is 0 Å². The van der Waals surface area contributed by atoms with Gasteiger partial charge in [-0.15, -0.1) is 0 Å². The van der Waals surface area contributed by atoms with Crippen molar-refractivity contribution in [3.05, 3.63) is 78.6 Å². The lowest BCUT2D eigenvalue weighted by molar-refractivity contribution is 0.601. The Kier molecular flexibility index (Phi) is 3.93. The van der Waals surface area contributed by atoms with Crippen molar-refractivity contribution in [2.75, 3.05) is 4.72 Å². The molecule has 0 fully saturated rings. The van der Waals surface area contributed by atoms with Gasteiger partial charge in [-0.05, 0) is 35.9 Å². The molecular formula is C16H15N3O2S. The second-order valence-corrected chi connectivity index (χ2v) is 6.50. The zero-order chi connectivity index (χ0) is 15.4. The highest BCUT2D eigenvalue weighted by Crippen LogP contribution is 2.17. The molecule has 0 aliphatic rings. The molecule has 0 saturated heterocycles. The summed E-state index contributed by atoms with van der Waals surface area (Å²) in [6.07, 6.45) is 3.57. The van der Waals surface area contributed by atoms with Crippen LogP contribution in [0.1, 0.15) is 5.56 Å². The number of aromatic nitrogens is 2. The highest BCUT2D eigenvalue weighted by atomic mass is 32.2. The SMILES string of the molecule is O=S(=O)(Nc1cccc(Cn2cccn2)c1)c1ccccc1. The van der Waals surface area contributed by atoms with Crippen molar-refractivity contribution in [1.29, 1.82) is 0 Å². The first kappa shape index (κ1) is 14.3. The normalized spacial score (nSPS) is 11.3. The van der Waals surface area contributed by atoms with Crippen molar-refractivity contribution in [1.82, 2.24) is 9.78 Å². The fourth-order valence-electron chi connectivity index (χ4n) is 2.13. The third-order valence-corrected chi connectivity index (χ3v) is 4.53. The van der Waals surface area contributed by atoms with Crippen LogP contribution in [0.4, 0.5) is 5.69 Å². The number of nitrogens with one attached hydrogen (secondary N) is 1. The standard InChI is InChI=1S/C16H15N3O2S/c20-22(21,16-8-2-1-3-9-16)18-15-7-4-6-14(12-15)13-19-11-5-10-17-19/h1-12,18H,13H2. The Hall–Kier alpha value is -2.60. The van der Waals surface area contributed by atoms with Gasteiger partial charge in [0.1, 0.15) is 0 Å². The van der Waals surface area contributed by atoms with Crippen LogP contribution in [0, 0.1) is 0 Å². The molecule has 22 heavy (non-hydrogen) atoms. The molecule has 5 nitrogen and oxygen atoms in total. The summed E-state index contributed by atoms with van der Waals surface area (Å²) in [5.41, 5.74) is 1.51. The van der Waals surface area contributed by atoms with Crippen LogP contribution in [0.25, 0.3) is 0 Å². The lowest BCUT2D eigenvalue weighted by Gasteiger charge is -2.09. The van der Waals surface area contributed by atoms with E-state index in [1.54, 1.807) is 47.3 Å². The topological polar surface area (TPSA) is 64.0 Å². The van der Waals surface area contributed by atoms with E-state index in [4.69, 9.17) is 0 Å². The molecule has 0 bridgehead atoms. The number of anilines is 1. The molecule has 6 heteroatoms. The largest absolute Gasteiger partial charge is 0.280 e. The number of benzene rings is 2. The smallest absolute Gasteiger partial charge is 0.261 e. The molecule has 1 N–H and O–H groups in total. The van der Waals surface area contributed by atoms with E-state index in [-0.39, 0.29) is 4.90 Å². The molecule has 1 aromatic heterocycles. The Balaban J connectivity index is 1.81. The summed E-state index contributed by atoms with van der Waals surface area (Å²) in [4.78, 5) is 0.243. The van der Waals surface area contributed by atoms with Crippen LogP contribution in [0.3, 0.4) is 0 Å². The first-order chi connectivity index (χ1) is 10.6. The summed E-state index contributed by atoms with van der Waals surface area (Å²) >= 11 is 0. The van der Waals surface area contributed by atoms with Crippen molar-refractivity contribution < 1.29 is 8.42 Å². The molecule has 2 aromatic carbocycles. The summed E-state index contributed by atoms with van der Waals surface area (Å²) < 4.78 is 29.0. The lowest BCUT2D eigenvalue weighted by Crippen LogP contribution is -2.13. The van der Waals surface area contributed by atoms with Crippen molar-refractivity contribution >= 4 is 15.7 Å². The van der Waals surface area contributed by atoms with Crippen molar-refractivity contribution in [3.8, 4) is 0 Å². The lowest BCUT2D eigenvalue weighted by atomic mass is 10.2. The molecule has 0 saturated carbocycles. The van der Waals surface area contributed by atoms with Gasteiger partial charge in [0, 0.05) is 18.1 Å². The Labute approximate surface area is 129 Å². The second kappa shape index (κ2) is 6.03. The minimum atomic E-state index is -3.56. The summed E-state index contributed by atoms with van der Waals surface area (Å²) in [7, 11) is -3.56. The summed E-state index contributed by atoms with van der Waals surface area (Å²) in [6.45, 7) is 0.591. The van der Waals surface area contributed by atoms with E-state index in [2.05, 4.69) is 9.82 Å². The van der Waals surface area contributed by atoms with E-state index < -0.39 is 10.0 Å². The quantitative estimate of drug-likeness (QED) is 0.787. The van der Waals surface area contributed by atoms with E-state index >= 15 is 0 Å². The number of rotatable bonds is 5. The first-order valence-corrected chi connectivity index (χ1v) is 8.26. The minimum Gasteiger partial charge on any atom is -0.280 e. The van der Waals surface area contributed by atoms with Gasteiger partial charge in [0.25, 0.3) is 10.0 Å². The molecule has 0 atom stereocenters. The Morgan fingerprint density at radius 3 is 2.55 bits per heavy atom. The fraction of sp³-hybridized carbons (Fsp3) is 0.0625. The molecule has 3 rings (SSSR count). The van der Waals surface area contributed by atoms with E-state index in [0.29, 0.717) is 12.2 Å². The third kappa shape index (κ3) is 3.35. The summed E-state index contributed by atoms with van der Waals surface area (Å²) in [5.74, 6) is 0. The number of hydrogen-bond acceptors (Lipinski definition) is 3. The van der Waals surface area contributed by atoms with Gasteiger partial charge < -0.3 is 0 Å². The first-order valence-electron chi connectivity index (χ1n) is 6.78. The number of nitrogens with zero attached hydrogens (tertiary/aromatic N) is 2. The maximum atomic E-state index is 12.3. The van der Waals surface area contributed by atoms with Gasteiger partial charge in [-0.3, -0.25) is 9.40 Å². The van der Waals surface area contributed by atoms with Crippen molar-refractivity contribution in [2.45, 2.75) is 11.4 Å². The molecule has 0 unspecified atom stereocenters. The van der Waals surface area contributed by atoms with E-state index in [9.17, 15) is 8.42 Å². The van der Waals surface area contributed by atoms with Gasteiger partial charge in [0.15, 0.2) is 0 Å². The zero-order valence-corrected chi connectivity index (χ0v) is 12.6. The zero-order valence-electron chi connectivity index (χ0n) is 11.8. The highest BCUT2D eigenvalue weighted by molar-refractivity contribution is 7.92. The Morgan fingerprint density at radius 2 is 1.82 bits per heavy atom. The molecule has 112 valence electrons. The minimum absolute atomic E-state index is 0.243. The fourth-order valence-corrected chi connectivity index (χ4v) is 3.20. The van der Waals surface area contributed by atoms with Crippen LogP contribution in [0.15, 0.2) is 78.0 Å². The van der Waals surface area contributed by atoms with Crippen LogP contribution in [-0.4, -0.2) is 18.2 Å². The molecule has 0 aliphatic carbocycles. The Bertz CT molecular complexity index is 844. The number of sulfonamides is 1. The summed E-state index contributed by atoms with van der Waals surface area (Å²) in [6, 6.07) is 17.4. The predicted molar refractivity (Wildman–Crippen MR) is 85.0 cm³/mol. The van der Waals surface area contributed by atoms with Crippen molar-refractivity contribution in [3.63, 3.8) is 0 Å². The molecule has 0 radical (unpaired) electrons. The van der Waals surface area contributed by atoms with Gasteiger partial charge in [-0.2, -0.15) is 5.10 Å². The molecule has 0 spiro atoms. The third-order valence-electron chi connectivity index (χ3n) is 3.14. The molecule has 0 amide bonds. The molecule has 3 aromatic rings. The van der Waals surface area contributed by atoms with E-state index in [1.165, 1.54) is 0 Å². The predicted octanol–water partition coefficient (Wildman–Crippen LogP) is 2.73. The number of hydrogen-bond donors (Lipinski definition) is 1. The Morgan fingerprint density at radius 1 is 1.00 bits per heavy atom. The molecule has 0 aliphatic heterocycles. The summed E-state index contributed by atoms with van der Waals surface area (Å²) in [5, 5.41) is 4.14. The highest BCUT2D eigenvalue weighted by Gasteiger charge is 2.13. The van der Waals surface area contributed by atoms with E-state index in [1.807, 2.05) is 30.5 Å². The molecular weight excluding hydrogens is 298 g/mol.